The van der Waals surface area contributed by atoms with Crippen LogP contribution in [0.25, 0.3) is 16.5 Å². The lowest BCUT2D eigenvalue weighted by Gasteiger charge is -2.24. The third-order valence-electron chi connectivity index (χ3n) is 4.70. The first-order chi connectivity index (χ1) is 13.4. The van der Waals surface area contributed by atoms with Crippen LogP contribution in [0.3, 0.4) is 0 Å². The number of anilines is 1. The van der Waals surface area contributed by atoms with Gasteiger partial charge in [0.05, 0.1) is 12.2 Å². The Labute approximate surface area is 159 Å². The molecule has 2 amide bonds. The number of hydrogen-bond donors (Lipinski definition) is 1. The van der Waals surface area contributed by atoms with Gasteiger partial charge in [-0.1, -0.05) is 17.3 Å². The molecule has 2 heterocycles. The van der Waals surface area contributed by atoms with E-state index in [1.54, 1.807) is 12.3 Å². The summed E-state index contributed by atoms with van der Waals surface area (Å²) in [6.07, 6.45) is 5.17. The molecule has 0 saturated carbocycles. The van der Waals surface area contributed by atoms with E-state index >= 15 is 0 Å². The van der Waals surface area contributed by atoms with Gasteiger partial charge in [0.15, 0.2) is 5.58 Å². The molecule has 0 bridgehead atoms. The Morgan fingerprint density at radius 3 is 2.71 bits per heavy atom. The number of carbonyl (C=O) groups is 1. The third kappa shape index (κ3) is 3.15. The number of amides is 2. The minimum absolute atomic E-state index is 0.248. The predicted molar refractivity (Wildman–Crippen MR) is 103 cm³/mol. The first-order valence-corrected chi connectivity index (χ1v) is 8.70. The molecule has 2 aromatic carbocycles. The molecule has 142 valence electrons. The molecule has 5 nitrogen and oxygen atoms in total. The minimum atomic E-state index is -0.827. The van der Waals surface area contributed by atoms with Crippen molar-refractivity contribution in [2.45, 2.75) is 13.8 Å². The average Bonchev–Trinajstić information content (AvgIpc) is 3.04. The molecule has 1 aromatic heterocycles. The first kappa shape index (κ1) is 17.9. The molecule has 1 N–H and O–H groups in total. The lowest BCUT2D eigenvalue weighted by Crippen LogP contribution is -2.33. The number of urea groups is 1. The second-order valence-corrected chi connectivity index (χ2v) is 6.62. The molecule has 4 rings (SSSR count). The number of halogens is 2. The van der Waals surface area contributed by atoms with Crippen LogP contribution in [0.5, 0.6) is 0 Å². The zero-order valence-corrected chi connectivity index (χ0v) is 15.3. The van der Waals surface area contributed by atoms with Gasteiger partial charge in [0.1, 0.15) is 17.3 Å². The lowest BCUT2D eigenvalue weighted by molar-refractivity contribution is 0.232. The maximum atomic E-state index is 13.8. The van der Waals surface area contributed by atoms with E-state index in [0.29, 0.717) is 5.58 Å². The molecule has 28 heavy (non-hydrogen) atoms. The summed E-state index contributed by atoms with van der Waals surface area (Å²) in [6, 6.07) is 6.69. The summed E-state index contributed by atoms with van der Waals surface area (Å²) in [5, 5.41) is 7.22. The molecule has 3 aromatic rings. The highest BCUT2D eigenvalue weighted by atomic mass is 19.1. The second-order valence-electron chi connectivity index (χ2n) is 6.62. The van der Waals surface area contributed by atoms with E-state index in [1.807, 2.05) is 32.1 Å². The number of aromatic nitrogens is 1. The van der Waals surface area contributed by atoms with Gasteiger partial charge in [0.25, 0.3) is 0 Å². The summed E-state index contributed by atoms with van der Waals surface area (Å²) >= 11 is 0. The van der Waals surface area contributed by atoms with Crippen LogP contribution >= 0.6 is 0 Å². The zero-order valence-electron chi connectivity index (χ0n) is 15.3. The van der Waals surface area contributed by atoms with Crippen LogP contribution in [0.15, 0.2) is 53.2 Å². The van der Waals surface area contributed by atoms with Gasteiger partial charge < -0.3 is 9.84 Å². The van der Waals surface area contributed by atoms with E-state index < -0.39 is 23.4 Å². The number of carbonyl (C=O) groups excluding carboxylic acids is 1. The quantitative estimate of drug-likeness (QED) is 0.666. The Kier molecular flexibility index (Phi) is 4.43. The number of nitrogens with zero attached hydrogens (tertiary/aromatic N) is 2. The fourth-order valence-corrected chi connectivity index (χ4v) is 3.22. The van der Waals surface area contributed by atoms with E-state index in [2.05, 4.69) is 10.5 Å². The Morgan fingerprint density at radius 1 is 1.21 bits per heavy atom. The molecule has 1 aliphatic heterocycles. The van der Waals surface area contributed by atoms with Crippen LogP contribution in [0, 0.1) is 25.5 Å². The monoisotopic (exact) mass is 381 g/mol. The standard InChI is InChI=1S/C21H17F2N3O2/c1-12-9-16-13(2)25-28-19(16)10-15(12)14-5-4-8-26(11-14)21(27)24-20-17(22)6-3-7-18(20)23/h3-10H,11H2,1-2H3,(H,24,27). The summed E-state index contributed by atoms with van der Waals surface area (Å²) in [6.45, 7) is 4.10. The van der Waals surface area contributed by atoms with E-state index in [-0.39, 0.29) is 6.54 Å². The normalized spacial score (nSPS) is 13.7. The summed E-state index contributed by atoms with van der Waals surface area (Å²) in [5.74, 6) is -1.65. The van der Waals surface area contributed by atoms with Gasteiger partial charge in [-0.25, -0.2) is 13.6 Å². The number of hydrogen-bond acceptors (Lipinski definition) is 3. The van der Waals surface area contributed by atoms with Gasteiger partial charge in [0, 0.05) is 11.6 Å². The third-order valence-corrected chi connectivity index (χ3v) is 4.70. The van der Waals surface area contributed by atoms with Crippen LogP contribution in [-0.2, 0) is 0 Å². The van der Waals surface area contributed by atoms with Crippen molar-refractivity contribution in [3.63, 3.8) is 0 Å². The number of aryl methyl sites for hydroxylation is 2. The molecule has 0 saturated heterocycles. The van der Waals surface area contributed by atoms with E-state index in [1.165, 1.54) is 11.0 Å². The number of benzene rings is 2. The summed E-state index contributed by atoms with van der Waals surface area (Å²) < 4.78 is 33.0. The molecule has 0 radical (unpaired) electrons. The van der Waals surface area contributed by atoms with Crippen LogP contribution in [0.4, 0.5) is 19.3 Å². The highest BCUT2D eigenvalue weighted by Gasteiger charge is 2.20. The Hall–Kier alpha value is -3.48. The van der Waals surface area contributed by atoms with Crippen LogP contribution in [-0.4, -0.2) is 22.6 Å². The van der Waals surface area contributed by atoms with Crippen molar-refractivity contribution < 1.29 is 18.1 Å². The lowest BCUT2D eigenvalue weighted by atomic mass is 9.97. The largest absolute Gasteiger partial charge is 0.356 e. The van der Waals surface area contributed by atoms with Crippen LogP contribution < -0.4 is 5.32 Å². The van der Waals surface area contributed by atoms with Gasteiger partial charge in [0.2, 0.25) is 0 Å². The minimum Gasteiger partial charge on any atom is -0.356 e. The van der Waals surface area contributed by atoms with E-state index in [4.69, 9.17) is 4.52 Å². The number of para-hydroxylation sites is 1. The molecular weight excluding hydrogens is 364 g/mol. The molecule has 0 aliphatic carbocycles. The Balaban J connectivity index is 1.58. The van der Waals surface area contributed by atoms with Gasteiger partial charge >= 0.3 is 6.03 Å². The number of nitrogens with one attached hydrogen (secondary N) is 1. The maximum absolute atomic E-state index is 13.8. The van der Waals surface area contributed by atoms with Crippen LogP contribution in [0.2, 0.25) is 0 Å². The molecule has 1 aliphatic rings. The fraction of sp³-hybridized carbons (Fsp3) is 0.143. The predicted octanol–water partition coefficient (Wildman–Crippen LogP) is 5.17. The van der Waals surface area contributed by atoms with Crippen molar-refractivity contribution in [2.75, 3.05) is 11.9 Å². The molecule has 7 heteroatoms. The highest BCUT2D eigenvalue weighted by molar-refractivity contribution is 5.93. The zero-order chi connectivity index (χ0) is 19.8. The van der Waals surface area contributed by atoms with Crippen molar-refractivity contribution in [1.82, 2.24) is 10.1 Å². The van der Waals surface area contributed by atoms with E-state index in [0.717, 1.165) is 39.9 Å². The number of rotatable bonds is 2. The molecule has 0 fully saturated rings. The van der Waals surface area contributed by atoms with Crippen molar-refractivity contribution >= 4 is 28.3 Å². The topological polar surface area (TPSA) is 58.4 Å². The Bertz CT molecular complexity index is 1130. The molecule has 0 unspecified atom stereocenters. The van der Waals surface area contributed by atoms with Gasteiger partial charge in [-0.3, -0.25) is 4.90 Å². The number of fused-ring (bicyclic) bond motifs is 1. The maximum Gasteiger partial charge on any atom is 0.326 e. The Morgan fingerprint density at radius 2 is 1.96 bits per heavy atom. The smallest absolute Gasteiger partial charge is 0.326 e. The summed E-state index contributed by atoms with van der Waals surface area (Å²) in [7, 11) is 0. The SMILES string of the molecule is Cc1cc2c(C)noc2cc1C1=CC=CN(C(=O)Nc2c(F)cccc2F)C1. The molecule has 0 atom stereocenters. The average molecular weight is 381 g/mol. The fourth-order valence-electron chi connectivity index (χ4n) is 3.22. The highest BCUT2D eigenvalue weighted by Crippen LogP contribution is 2.29. The summed E-state index contributed by atoms with van der Waals surface area (Å²) in [4.78, 5) is 13.9. The van der Waals surface area contributed by atoms with Crippen molar-refractivity contribution in [3.8, 4) is 0 Å². The van der Waals surface area contributed by atoms with E-state index in [9.17, 15) is 13.6 Å². The van der Waals surface area contributed by atoms with Crippen molar-refractivity contribution in [3.05, 3.63) is 77.1 Å². The van der Waals surface area contributed by atoms with Gasteiger partial charge in [-0.15, -0.1) is 0 Å². The summed E-state index contributed by atoms with van der Waals surface area (Å²) in [5.41, 5.74) is 3.82. The second kappa shape index (κ2) is 6.92. The van der Waals surface area contributed by atoms with Crippen LogP contribution in [0.1, 0.15) is 16.8 Å². The van der Waals surface area contributed by atoms with Crippen molar-refractivity contribution in [1.29, 1.82) is 0 Å². The first-order valence-electron chi connectivity index (χ1n) is 8.70. The van der Waals surface area contributed by atoms with Crippen molar-refractivity contribution in [2.24, 2.45) is 0 Å². The number of allylic oxidation sites excluding steroid dienone is 2. The van der Waals surface area contributed by atoms with Gasteiger partial charge in [-0.05, 0) is 60.9 Å². The van der Waals surface area contributed by atoms with Gasteiger partial charge in [-0.2, -0.15) is 0 Å². The molecule has 0 spiro atoms. The molecular formula is C21H17F2N3O2.